The molecule has 100 valence electrons. The summed E-state index contributed by atoms with van der Waals surface area (Å²) >= 11 is 0. The number of rotatable bonds is 3. The van der Waals surface area contributed by atoms with Gasteiger partial charge in [-0.1, -0.05) is 13.8 Å². The average molecular weight is 251 g/mol. The Morgan fingerprint density at radius 3 is 2.94 bits per heavy atom. The van der Waals surface area contributed by atoms with Crippen molar-refractivity contribution in [3.63, 3.8) is 0 Å². The molecule has 0 bridgehead atoms. The van der Waals surface area contributed by atoms with Gasteiger partial charge in [0, 0.05) is 18.3 Å². The van der Waals surface area contributed by atoms with E-state index in [-0.39, 0.29) is 18.8 Å². The van der Waals surface area contributed by atoms with E-state index in [4.69, 9.17) is 4.74 Å². The second-order valence-electron chi connectivity index (χ2n) is 5.10. The summed E-state index contributed by atoms with van der Waals surface area (Å²) in [6.45, 7) is 7.67. The van der Waals surface area contributed by atoms with Gasteiger partial charge >= 0.3 is 0 Å². The van der Waals surface area contributed by atoms with Crippen molar-refractivity contribution in [1.82, 2.24) is 9.97 Å². The van der Waals surface area contributed by atoms with E-state index in [2.05, 4.69) is 35.6 Å². The molecule has 1 N–H and O–H groups in total. The average Bonchev–Trinajstić information content (AvgIpc) is 2.39. The fraction of sp³-hybridized carbons (Fsp3) is 0.692. The van der Waals surface area contributed by atoms with Gasteiger partial charge in [-0.15, -0.1) is 0 Å². The van der Waals surface area contributed by atoms with Crippen LogP contribution in [0, 0.1) is 0 Å². The van der Waals surface area contributed by atoms with Crippen molar-refractivity contribution in [1.29, 1.82) is 0 Å². The second-order valence-corrected chi connectivity index (χ2v) is 5.10. The van der Waals surface area contributed by atoms with E-state index in [0.29, 0.717) is 19.1 Å². The predicted molar refractivity (Wildman–Crippen MR) is 69.8 cm³/mol. The molecule has 1 aliphatic heterocycles. The Bertz CT molecular complexity index is 398. The lowest BCUT2D eigenvalue weighted by molar-refractivity contribution is -0.0105. The van der Waals surface area contributed by atoms with Crippen LogP contribution in [-0.2, 0) is 4.74 Å². The molecule has 5 nitrogen and oxygen atoms in total. The van der Waals surface area contributed by atoms with Gasteiger partial charge in [0.2, 0.25) is 0 Å². The maximum atomic E-state index is 9.20. The van der Waals surface area contributed by atoms with Crippen LogP contribution >= 0.6 is 0 Å². The maximum absolute atomic E-state index is 9.20. The van der Waals surface area contributed by atoms with Gasteiger partial charge in [0.1, 0.15) is 12.1 Å². The van der Waals surface area contributed by atoms with Crippen LogP contribution in [0.5, 0.6) is 0 Å². The second kappa shape index (κ2) is 5.63. The summed E-state index contributed by atoms with van der Waals surface area (Å²) in [4.78, 5) is 10.8. The summed E-state index contributed by atoms with van der Waals surface area (Å²) in [6, 6.07) is 2.30. The summed E-state index contributed by atoms with van der Waals surface area (Å²) < 4.78 is 5.53. The van der Waals surface area contributed by atoms with Gasteiger partial charge in [-0.2, -0.15) is 0 Å². The highest BCUT2D eigenvalue weighted by molar-refractivity contribution is 5.41. The summed E-state index contributed by atoms with van der Waals surface area (Å²) in [7, 11) is 0. The number of ether oxygens (including phenoxy) is 1. The largest absolute Gasteiger partial charge is 0.394 e. The molecule has 2 unspecified atom stereocenters. The molecule has 0 spiro atoms. The molecule has 1 aliphatic rings. The van der Waals surface area contributed by atoms with E-state index in [1.165, 1.54) is 0 Å². The molecule has 2 atom stereocenters. The third kappa shape index (κ3) is 2.79. The van der Waals surface area contributed by atoms with E-state index < -0.39 is 0 Å². The third-order valence-corrected chi connectivity index (χ3v) is 3.27. The molecule has 1 aromatic rings. The molecular weight excluding hydrogens is 230 g/mol. The van der Waals surface area contributed by atoms with Crippen LogP contribution < -0.4 is 4.90 Å². The summed E-state index contributed by atoms with van der Waals surface area (Å²) in [5, 5.41) is 9.20. The fourth-order valence-corrected chi connectivity index (χ4v) is 2.08. The van der Waals surface area contributed by atoms with Crippen LogP contribution in [0.4, 0.5) is 5.82 Å². The summed E-state index contributed by atoms with van der Waals surface area (Å²) in [5.41, 5.74) is 1.04. The molecule has 0 amide bonds. The SMILES string of the molecule is CC(C)c1cc(N2CC(CO)OCC2C)ncn1. The molecule has 1 aromatic heterocycles. The van der Waals surface area contributed by atoms with Gasteiger partial charge in [-0.05, 0) is 12.8 Å². The topological polar surface area (TPSA) is 58.5 Å². The van der Waals surface area contributed by atoms with Crippen molar-refractivity contribution in [2.45, 2.75) is 38.8 Å². The molecule has 1 fully saturated rings. The van der Waals surface area contributed by atoms with Gasteiger partial charge in [0.15, 0.2) is 0 Å². The van der Waals surface area contributed by atoms with Crippen LogP contribution in [0.1, 0.15) is 32.4 Å². The fourth-order valence-electron chi connectivity index (χ4n) is 2.08. The zero-order chi connectivity index (χ0) is 13.1. The number of aliphatic hydroxyl groups is 1. The number of anilines is 1. The van der Waals surface area contributed by atoms with Gasteiger partial charge in [-0.3, -0.25) is 0 Å². The van der Waals surface area contributed by atoms with Crippen LogP contribution in [0.25, 0.3) is 0 Å². The first-order valence-electron chi connectivity index (χ1n) is 6.43. The Hall–Kier alpha value is -1.20. The Balaban J connectivity index is 2.20. The van der Waals surface area contributed by atoms with Gasteiger partial charge < -0.3 is 14.7 Å². The number of aliphatic hydroxyl groups excluding tert-OH is 1. The molecule has 5 heteroatoms. The maximum Gasteiger partial charge on any atom is 0.132 e. The number of hydrogen-bond donors (Lipinski definition) is 1. The molecule has 0 radical (unpaired) electrons. The van der Waals surface area contributed by atoms with Crippen molar-refractivity contribution < 1.29 is 9.84 Å². The number of hydrogen-bond acceptors (Lipinski definition) is 5. The molecule has 0 aliphatic carbocycles. The van der Waals surface area contributed by atoms with E-state index in [1.807, 2.05) is 6.07 Å². The summed E-state index contributed by atoms with van der Waals surface area (Å²) in [6.07, 6.45) is 1.49. The minimum Gasteiger partial charge on any atom is -0.394 e. The van der Waals surface area contributed by atoms with Crippen LogP contribution in [-0.4, -0.2) is 47.0 Å². The molecule has 2 rings (SSSR count). The third-order valence-electron chi connectivity index (χ3n) is 3.27. The molecule has 0 saturated carbocycles. The van der Waals surface area contributed by atoms with Crippen molar-refractivity contribution in [2.75, 3.05) is 24.7 Å². The smallest absolute Gasteiger partial charge is 0.132 e. The Kier molecular flexibility index (Phi) is 4.14. The lowest BCUT2D eigenvalue weighted by Gasteiger charge is -2.38. The van der Waals surface area contributed by atoms with E-state index in [1.54, 1.807) is 6.33 Å². The lowest BCUT2D eigenvalue weighted by atomic mass is 10.1. The van der Waals surface area contributed by atoms with E-state index in [9.17, 15) is 5.11 Å². The monoisotopic (exact) mass is 251 g/mol. The molecule has 1 saturated heterocycles. The normalized spacial score (nSPS) is 24.6. The Morgan fingerprint density at radius 2 is 2.28 bits per heavy atom. The van der Waals surface area contributed by atoms with Crippen LogP contribution in [0.2, 0.25) is 0 Å². The van der Waals surface area contributed by atoms with Gasteiger partial charge in [0.05, 0.1) is 25.4 Å². The van der Waals surface area contributed by atoms with E-state index in [0.717, 1.165) is 11.5 Å². The minimum absolute atomic E-state index is 0.0470. The first kappa shape index (κ1) is 13.2. The standard InChI is InChI=1S/C13H21N3O2/c1-9(2)12-4-13(15-8-14-12)16-5-11(6-17)18-7-10(16)3/h4,8-11,17H,5-7H2,1-3H3. The van der Waals surface area contributed by atoms with Crippen LogP contribution in [0.15, 0.2) is 12.4 Å². The number of aromatic nitrogens is 2. The minimum atomic E-state index is -0.126. The zero-order valence-corrected chi connectivity index (χ0v) is 11.2. The zero-order valence-electron chi connectivity index (χ0n) is 11.2. The lowest BCUT2D eigenvalue weighted by Crippen LogP contribution is -2.50. The Morgan fingerprint density at radius 1 is 1.50 bits per heavy atom. The molecule has 18 heavy (non-hydrogen) atoms. The van der Waals surface area contributed by atoms with Gasteiger partial charge in [-0.25, -0.2) is 9.97 Å². The highest BCUT2D eigenvalue weighted by Gasteiger charge is 2.26. The quantitative estimate of drug-likeness (QED) is 0.874. The molecule has 2 heterocycles. The molecule has 0 aromatic carbocycles. The highest BCUT2D eigenvalue weighted by Crippen LogP contribution is 2.22. The Labute approximate surface area is 108 Å². The van der Waals surface area contributed by atoms with Crippen molar-refractivity contribution in [3.8, 4) is 0 Å². The van der Waals surface area contributed by atoms with Crippen molar-refractivity contribution in [2.24, 2.45) is 0 Å². The van der Waals surface area contributed by atoms with Gasteiger partial charge in [0.25, 0.3) is 0 Å². The van der Waals surface area contributed by atoms with Crippen molar-refractivity contribution >= 4 is 5.82 Å². The first-order valence-corrected chi connectivity index (χ1v) is 6.43. The number of morpholine rings is 1. The predicted octanol–water partition coefficient (Wildman–Crippen LogP) is 1.19. The van der Waals surface area contributed by atoms with Crippen molar-refractivity contribution in [3.05, 3.63) is 18.1 Å². The molecular formula is C13H21N3O2. The van der Waals surface area contributed by atoms with Crippen LogP contribution in [0.3, 0.4) is 0 Å². The summed E-state index contributed by atoms with van der Waals surface area (Å²) in [5.74, 6) is 1.31. The first-order chi connectivity index (χ1) is 8.61. The van der Waals surface area contributed by atoms with E-state index >= 15 is 0 Å². The number of nitrogens with zero attached hydrogens (tertiary/aromatic N) is 3. The highest BCUT2D eigenvalue weighted by atomic mass is 16.5.